The van der Waals surface area contributed by atoms with Gasteiger partial charge in [0.05, 0.1) is 19.1 Å². The average molecular weight is 1000 g/mol. The summed E-state index contributed by atoms with van der Waals surface area (Å²) in [6.45, 7) is 4.71. The summed E-state index contributed by atoms with van der Waals surface area (Å²) >= 11 is 0. The first-order valence-corrected chi connectivity index (χ1v) is 24.5. The van der Waals surface area contributed by atoms with E-state index in [4.69, 9.17) is 17.2 Å². The molecule has 3 aliphatic heterocycles. The number of nitrogens with one attached hydrogen (secondary N) is 7. The summed E-state index contributed by atoms with van der Waals surface area (Å²) < 4.78 is 0. The fourth-order valence-corrected chi connectivity index (χ4v) is 10.0. The van der Waals surface area contributed by atoms with Crippen molar-refractivity contribution >= 4 is 92.5 Å². The van der Waals surface area contributed by atoms with Gasteiger partial charge in [-0.2, -0.15) is 0 Å². The Morgan fingerprint density at radius 3 is 1.78 bits per heavy atom. The predicted molar refractivity (Wildman–Crippen MR) is 243 cm³/mol. The first-order chi connectivity index (χ1) is 31.9. The van der Waals surface area contributed by atoms with Crippen LogP contribution in [0.3, 0.4) is 0 Å². The lowest BCUT2D eigenvalue weighted by atomic mass is 10.0. The molecule has 3 heterocycles. The zero-order valence-corrected chi connectivity index (χ0v) is 39.9. The molecule has 68 heavy (non-hydrogen) atoms. The molecule has 28 heteroatoms. The van der Waals surface area contributed by atoms with Crippen molar-refractivity contribution in [3.8, 4) is 0 Å². The second-order valence-corrected chi connectivity index (χ2v) is 19.7. The van der Waals surface area contributed by atoms with Gasteiger partial charge in [-0.3, -0.25) is 57.5 Å². The van der Waals surface area contributed by atoms with Crippen LogP contribution in [0.1, 0.15) is 79.1 Å². The summed E-state index contributed by atoms with van der Waals surface area (Å²) in [7, 11) is 1.89. The normalized spacial score (nSPS) is 28.5. The Balaban J connectivity index is 2.07. The Labute approximate surface area is 400 Å². The van der Waals surface area contributed by atoms with Crippen molar-refractivity contribution in [3.63, 3.8) is 0 Å². The summed E-state index contributed by atoms with van der Waals surface area (Å²) in [5.41, 5.74) is 16.4. The van der Waals surface area contributed by atoms with E-state index < -0.39 is 144 Å². The fraction of sp³-hybridized carbons (Fsp3) is 0.700. The lowest BCUT2D eigenvalue weighted by Gasteiger charge is -2.33. The monoisotopic (exact) mass is 1000 g/mol. The Hall–Kier alpha value is -5.74. The summed E-state index contributed by atoms with van der Waals surface area (Å²) in [6, 6.07) is -13.2. The third kappa shape index (κ3) is 16.8. The highest BCUT2D eigenvalue weighted by molar-refractivity contribution is 8.76. The molecule has 10 atom stereocenters. The summed E-state index contributed by atoms with van der Waals surface area (Å²) in [6.07, 6.45) is -2.24. The van der Waals surface area contributed by atoms with E-state index in [9.17, 15) is 67.7 Å². The number of primary amides is 3. The van der Waals surface area contributed by atoms with E-state index in [1.807, 2.05) is 0 Å². The third-order valence-electron chi connectivity index (χ3n) is 11.1. The molecule has 0 radical (unpaired) electrons. The highest BCUT2D eigenvalue weighted by Gasteiger charge is 2.45. The largest absolute Gasteiger partial charge is 0.394 e. The van der Waals surface area contributed by atoms with Gasteiger partial charge in [0.2, 0.25) is 70.9 Å². The third-order valence-corrected chi connectivity index (χ3v) is 13.5. The van der Waals surface area contributed by atoms with Gasteiger partial charge in [0.1, 0.15) is 54.4 Å². The minimum atomic E-state index is -1.78. The molecule has 0 aromatic carbocycles. The Morgan fingerprint density at radius 1 is 0.676 bits per heavy atom. The minimum Gasteiger partial charge on any atom is -0.394 e. The van der Waals surface area contributed by atoms with Crippen molar-refractivity contribution in [3.05, 3.63) is 0 Å². The van der Waals surface area contributed by atoms with Crippen molar-refractivity contribution in [2.75, 3.05) is 31.2 Å². The van der Waals surface area contributed by atoms with Crippen LogP contribution in [0.25, 0.3) is 0 Å². The predicted octanol–water partition coefficient (Wildman–Crippen LogP) is -6.18. The zero-order valence-electron chi connectivity index (χ0n) is 38.3. The number of fused-ring (bicyclic) bond motifs is 2. The minimum absolute atomic E-state index is 0.0171. The van der Waals surface area contributed by atoms with Gasteiger partial charge < -0.3 is 74.4 Å². The first-order valence-electron chi connectivity index (χ1n) is 22.0. The number of carbonyl (C=O) groups excluding carboxylic acids is 12. The molecule has 0 saturated carbocycles. The average Bonchev–Trinajstić information content (AvgIpc) is 3.96. The number of aliphatic hydroxyl groups is 2. The van der Waals surface area contributed by atoms with Crippen molar-refractivity contribution in [2.24, 2.45) is 23.1 Å². The molecule has 3 fully saturated rings. The van der Waals surface area contributed by atoms with Gasteiger partial charge in [-0.1, -0.05) is 35.4 Å². The number of hydrogen-bond donors (Lipinski definition) is 12. The van der Waals surface area contributed by atoms with Gasteiger partial charge in [0.25, 0.3) is 0 Å². The molecule has 0 aliphatic carbocycles. The standard InChI is InChI=1S/C40H64N12O14S2/c1-18(2)13-22-34(60)48-24(15-53)35(61)47-23(14-30(42)57)39(65)52-12-6-8-28(52)40(66)51-11-5-7-27(51)37(63)45-21(9-10-29(41)56)33(59)49-25(32(43)58)16-67-68-17-26(44-20(4)55)36(62)50-31(19(3)54)38(64)46-22/h18-19,21-28,31,53-54H,5-17H2,1-4H3,(H2,41,56)(H2,42,57)(H2,43,58)(H,44,55)(H,45,63)(H,46,64)(H,47,61)(H,48,60)(H,49,59)(H,50,62)/t19-,21?,22?,23?,24+,25+,26+,27+,28+,31+/m1/s1. The van der Waals surface area contributed by atoms with Gasteiger partial charge in [0.15, 0.2) is 0 Å². The van der Waals surface area contributed by atoms with Crippen LogP contribution in [0.4, 0.5) is 0 Å². The van der Waals surface area contributed by atoms with Crippen LogP contribution in [0.5, 0.6) is 0 Å². The van der Waals surface area contributed by atoms with Crippen LogP contribution in [0.2, 0.25) is 0 Å². The van der Waals surface area contributed by atoms with Crippen molar-refractivity contribution in [1.29, 1.82) is 0 Å². The molecule has 12 amide bonds. The molecule has 0 aromatic rings. The van der Waals surface area contributed by atoms with Crippen LogP contribution >= 0.6 is 21.6 Å². The molecule has 380 valence electrons. The van der Waals surface area contributed by atoms with E-state index in [2.05, 4.69) is 37.2 Å². The van der Waals surface area contributed by atoms with Crippen molar-refractivity contribution in [2.45, 2.75) is 140 Å². The fourth-order valence-electron chi connectivity index (χ4n) is 7.70. The number of nitrogens with zero attached hydrogens (tertiary/aromatic N) is 2. The molecule has 3 rings (SSSR count). The topological polar surface area (TPSA) is 414 Å². The van der Waals surface area contributed by atoms with Gasteiger partial charge in [-0.15, -0.1) is 0 Å². The zero-order chi connectivity index (χ0) is 51.0. The molecule has 0 bridgehead atoms. The highest BCUT2D eigenvalue weighted by Crippen LogP contribution is 2.27. The number of aliphatic hydroxyl groups excluding tert-OH is 2. The maximum atomic E-state index is 14.2. The van der Waals surface area contributed by atoms with Crippen LogP contribution in [-0.2, 0) is 57.5 Å². The lowest BCUT2D eigenvalue weighted by molar-refractivity contribution is -0.148. The second kappa shape index (κ2) is 26.7. The van der Waals surface area contributed by atoms with Crippen LogP contribution in [-0.4, -0.2) is 183 Å². The maximum absolute atomic E-state index is 14.2. The molecule has 0 spiro atoms. The van der Waals surface area contributed by atoms with E-state index in [0.29, 0.717) is 12.8 Å². The van der Waals surface area contributed by atoms with E-state index in [1.54, 1.807) is 13.8 Å². The van der Waals surface area contributed by atoms with E-state index in [0.717, 1.165) is 33.4 Å². The molecular weight excluding hydrogens is 937 g/mol. The van der Waals surface area contributed by atoms with Crippen LogP contribution in [0.15, 0.2) is 0 Å². The van der Waals surface area contributed by atoms with Crippen molar-refractivity contribution < 1.29 is 67.7 Å². The van der Waals surface area contributed by atoms with E-state index in [1.165, 1.54) is 11.8 Å². The van der Waals surface area contributed by atoms with Gasteiger partial charge in [-0.25, -0.2) is 0 Å². The quantitative estimate of drug-likeness (QED) is 0.0857. The first kappa shape index (κ1) is 56.6. The molecule has 3 saturated heterocycles. The van der Waals surface area contributed by atoms with Gasteiger partial charge in [-0.05, 0) is 51.4 Å². The maximum Gasteiger partial charge on any atom is 0.246 e. The molecule has 26 nitrogen and oxygen atoms in total. The molecule has 3 unspecified atom stereocenters. The number of carbonyl (C=O) groups is 12. The molecular formula is C40H64N12O14S2. The summed E-state index contributed by atoms with van der Waals surface area (Å²) in [4.78, 5) is 162. The number of nitrogens with two attached hydrogens (primary N) is 3. The number of amides is 12. The SMILES string of the molecule is CC(=O)N[C@H]1CSSC[C@@H](C(N)=O)NC(=O)C(CCC(N)=O)NC(=O)[C@@H]2CCCN2C(=O)[C@@H]2CCCN2C(=O)C(CC(N)=O)NC(=O)[C@H](CO)NC(=O)C(CC(C)C)NC(=O)[C@H]([C@@H](C)O)NC1=O. The lowest BCUT2D eigenvalue weighted by Crippen LogP contribution is -2.62. The van der Waals surface area contributed by atoms with E-state index >= 15 is 0 Å². The molecule has 15 N–H and O–H groups in total. The van der Waals surface area contributed by atoms with Gasteiger partial charge >= 0.3 is 0 Å². The number of rotatable bonds is 11. The smallest absolute Gasteiger partial charge is 0.246 e. The van der Waals surface area contributed by atoms with E-state index in [-0.39, 0.29) is 62.6 Å². The summed E-state index contributed by atoms with van der Waals surface area (Å²) in [5, 5.41) is 37.8. The van der Waals surface area contributed by atoms with Gasteiger partial charge in [0, 0.05) is 37.9 Å². The Morgan fingerprint density at radius 2 is 1.22 bits per heavy atom. The Bertz CT molecular complexity index is 1930. The van der Waals surface area contributed by atoms with Crippen LogP contribution in [0, 0.1) is 5.92 Å². The number of hydrogen-bond acceptors (Lipinski definition) is 16. The molecule has 3 aliphatic rings. The molecule has 0 aromatic heterocycles. The second-order valence-electron chi connectivity index (χ2n) is 17.1. The Kier molecular flexibility index (Phi) is 22.2. The van der Waals surface area contributed by atoms with Crippen LogP contribution < -0.4 is 54.4 Å². The highest BCUT2D eigenvalue weighted by atomic mass is 33.1. The summed E-state index contributed by atoms with van der Waals surface area (Å²) in [5.74, 6) is -11.7. The van der Waals surface area contributed by atoms with Crippen molar-refractivity contribution in [1.82, 2.24) is 47.0 Å².